The Balaban J connectivity index is 1.60. The molecule has 0 radical (unpaired) electrons. The molecule has 2 saturated heterocycles. The zero-order valence-corrected chi connectivity index (χ0v) is 14.4. The summed E-state index contributed by atoms with van der Waals surface area (Å²) in [4.78, 5) is 6.98. The van der Waals surface area contributed by atoms with Crippen LogP contribution in [0.2, 0.25) is 0 Å². The number of hydrogen-bond acceptors (Lipinski definition) is 5. The van der Waals surface area contributed by atoms with Gasteiger partial charge in [-0.05, 0) is 32.0 Å². The molecule has 3 rings (SSSR count). The number of nitrogen functional groups attached to an aromatic ring is 1. The molecule has 0 aliphatic carbocycles. The first-order valence-electron chi connectivity index (χ1n) is 8.64. The van der Waals surface area contributed by atoms with Crippen molar-refractivity contribution in [1.82, 2.24) is 9.80 Å². The normalized spacial score (nSPS) is 21.5. The minimum absolute atomic E-state index is 0.00611. The average molecular weight is 358 g/mol. The quantitative estimate of drug-likeness (QED) is 0.841. The van der Waals surface area contributed by atoms with Crippen LogP contribution >= 0.6 is 0 Å². The van der Waals surface area contributed by atoms with Crippen molar-refractivity contribution >= 4 is 11.4 Å². The van der Waals surface area contributed by atoms with Crippen molar-refractivity contribution in [3.8, 4) is 5.75 Å². The van der Waals surface area contributed by atoms with Crippen molar-refractivity contribution < 1.29 is 17.9 Å². The van der Waals surface area contributed by atoms with Crippen LogP contribution in [0, 0.1) is 0 Å². The number of nitrogens with two attached hydrogens (primary N) is 1. The van der Waals surface area contributed by atoms with Crippen molar-refractivity contribution in [2.24, 2.45) is 0 Å². The number of nitrogens with zero attached hydrogens (tertiary/aromatic N) is 3. The predicted octanol–water partition coefficient (Wildman–Crippen LogP) is 2.38. The summed E-state index contributed by atoms with van der Waals surface area (Å²) in [6.07, 6.45) is -2.70. The molecule has 1 aromatic carbocycles. The van der Waals surface area contributed by atoms with E-state index in [0.29, 0.717) is 6.04 Å². The van der Waals surface area contributed by atoms with Gasteiger partial charge < -0.3 is 20.3 Å². The highest BCUT2D eigenvalue weighted by atomic mass is 19.4. The molecule has 8 heteroatoms. The second kappa shape index (κ2) is 7.29. The van der Waals surface area contributed by atoms with Crippen LogP contribution in [-0.4, -0.2) is 68.5 Å². The van der Waals surface area contributed by atoms with Gasteiger partial charge in [-0.15, -0.1) is 13.2 Å². The lowest BCUT2D eigenvalue weighted by Crippen LogP contribution is -2.52. The number of halogens is 3. The predicted molar refractivity (Wildman–Crippen MR) is 91.8 cm³/mol. The maximum absolute atomic E-state index is 12.5. The number of piperidine rings is 1. The van der Waals surface area contributed by atoms with E-state index in [1.165, 1.54) is 12.1 Å². The number of benzene rings is 1. The second-order valence-electron chi connectivity index (χ2n) is 6.83. The molecule has 140 valence electrons. The Morgan fingerprint density at radius 1 is 1.04 bits per heavy atom. The monoisotopic (exact) mass is 358 g/mol. The first kappa shape index (κ1) is 18.1. The van der Waals surface area contributed by atoms with Gasteiger partial charge in [0.1, 0.15) is 0 Å². The Kier molecular flexibility index (Phi) is 5.29. The zero-order valence-electron chi connectivity index (χ0n) is 14.4. The van der Waals surface area contributed by atoms with E-state index in [9.17, 15) is 13.2 Å². The lowest BCUT2D eigenvalue weighted by Gasteiger charge is -2.42. The number of hydrogen-bond donors (Lipinski definition) is 1. The van der Waals surface area contributed by atoms with Gasteiger partial charge in [0, 0.05) is 57.1 Å². The van der Waals surface area contributed by atoms with Gasteiger partial charge in [0.2, 0.25) is 0 Å². The molecule has 0 aromatic heterocycles. The van der Waals surface area contributed by atoms with Crippen LogP contribution in [0.15, 0.2) is 18.2 Å². The Bertz CT molecular complexity index is 580. The number of alkyl halides is 3. The Morgan fingerprint density at radius 3 is 2.28 bits per heavy atom. The lowest BCUT2D eigenvalue weighted by molar-refractivity contribution is -0.274. The van der Waals surface area contributed by atoms with Crippen LogP contribution < -0.4 is 15.4 Å². The third kappa shape index (κ3) is 4.70. The summed E-state index contributed by atoms with van der Waals surface area (Å²) >= 11 is 0. The highest BCUT2D eigenvalue weighted by Crippen LogP contribution is 2.33. The topological polar surface area (TPSA) is 45.0 Å². The van der Waals surface area contributed by atoms with Crippen LogP contribution in [0.25, 0.3) is 0 Å². The highest BCUT2D eigenvalue weighted by Gasteiger charge is 2.32. The molecule has 2 heterocycles. The smallest absolute Gasteiger partial charge is 0.404 e. The maximum atomic E-state index is 12.5. The van der Waals surface area contributed by atoms with Gasteiger partial charge in [0.25, 0.3) is 0 Å². The fraction of sp³-hybridized carbons (Fsp3) is 0.647. The van der Waals surface area contributed by atoms with E-state index >= 15 is 0 Å². The first-order valence-corrected chi connectivity index (χ1v) is 8.64. The fourth-order valence-electron chi connectivity index (χ4n) is 3.61. The molecule has 1 aromatic rings. The SMILES string of the molecule is CN1CCN(C2CCN(c3ccc(N)c(OC(F)(F)F)c3)CC2)CC1. The largest absolute Gasteiger partial charge is 0.573 e. The summed E-state index contributed by atoms with van der Waals surface area (Å²) in [6.45, 7) is 6.02. The summed E-state index contributed by atoms with van der Waals surface area (Å²) in [6, 6.07) is 5.18. The number of piperazine rings is 1. The highest BCUT2D eigenvalue weighted by molar-refractivity contribution is 5.62. The van der Waals surface area contributed by atoms with Gasteiger partial charge in [-0.25, -0.2) is 0 Å². The molecule has 0 bridgehead atoms. The summed E-state index contributed by atoms with van der Waals surface area (Å²) in [7, 11) is 2.14. The Hall–Kier alpha value is -1.67. The van der Waals surface area contributed by atoms with Gasteiger partial charge in [-0.3, -0.25) is 4.90 Å². The Morgan fingerprint density at radius 2 is 1.68 bits per heavy atom. The standard InChI is InChI=1S/C17H25F3N4O/c1-22-8-10-24(11-9-22)13-4-6-23(7-5-13)14-2-3-15(21)16(12-14)25-17(18,19)20/h2-3,12-13H,4-11,21H2,1H3. The van der Waals surface area contributed by atoms with Crippen LogP contribution in [-0.2, 0) is 0 Å². The van der Waals surface area contributed by atoms with Gasteiger partial charge in [-0.2, -0.15) is 0 Å². The van der Waals surface area contributed by atoms with E-state index in [1.54, 1.807) is 6.07 Å². The zero-order chi connectivity index (χ0) is 18.0. The van der Waals surface area contributed by atoms with Gasteiger partial charge in [0.15, 0.2) is 5.75 Å². The van der Waals surface area contributed by atoms with Crippen LogP contribution in [0.5, 0.6) is 5.75 Å². The molecule has 25 heavy (non-hydrogen) atoms. The van der Waals surface area contributed by atoms with Crippen molar-refractivity contribution in [2.75, 3.05) is 56.9 Å². The Labute approximate surface area is 146 Å². The molecule has 2 aliphatic rings. The fourth-order valence-corrected chi connectivity index (χ4v) is 3.61. The molecule has 2 aliphatic heterocycles. The molecule has 2 fully saturated rings. The average Bonchev–Trinajstić information content (AvgIpc) is 2.57. The van der Waals surface area contributed by atoms with E-state index in [1.807, 2.05) is 0 Å². The molecular weight excluding hydrogens is 333 g/mol. The third-order valence-corrected chi connectivity index (χ3v) is 5.11. The molecule has 0 saturated carbocycles. The van der Waals surface area contributed by atoms with E-state index in [0.717, 1.165) is 57.8 Å². The van der Waals surface area contributed by atoms with Gasteiger partial charge in [0.05, 0.1) is 5.69 Å². The summed E-state index contributed by atoms with van der Waals surface area (Å²) in [5.41, 5.74) is 6.32. The molecule has 2 N–H and O–H groups in total. The number of rotatable bonds is 3. The van der Waals surface area contributed by atoms with Crippen LogP contribution in [0.4, 0.5) is 24.5 Å². The summed E-state index contributed by atoms with van der Waals surface area (Å²) in [5.74, 6) is -0.328. The number of likely N-dealkylation sites (N-methyl/N-ethyl adjacent to an activating group) is 1. The van der Waals surface area contributed by atoms with E-state index in [2.05, 4.69) is 26.5 Å². The van der Waals surface area contributed by atoms with Crippen LogP contribution in [0.3, 0.4) is 0 Å². The maximum Gasteiger partial charge on any atom is 0.573 e. The van der Waals surface area contributed by atoms with Crippen molar-refractivity contribution in [1.29, 1.82) is 0 Å². The molecule has 5 nitrogen and oxygen atoms in total. The summed E-state index contributed by atoms with van der Waals surface area (Å²) < 4.78 is 41.5. The van der Waals surface area contributed by atoms with E-state index in [4.69, 9.17) is 5.73 Å². The first-order chi connectivity index (χ1) is 11.8. The molecule has 0 atom stereocenters. The van der Waals surface area contributed by atoms with Crippen molar-refractivity contribution in [3.63, 3.8) is 0 Å². The molecule has 0 spiro atoms. The third-order valence-electron chi connectivity index (χ3n) is 5.11. The van der Waals surface area contributed by atoms with E-state index in [-0.39, 0.29) is 11.4 Å². The molecule has 0 amide bonds. The minimum Gasteiger partial charge on any atom is -0.404 e. The molecular formula is C17H25F3N4O. The van der Waals surface area contributed by atoms with Gasteiger partial charge >= 0.3 is 6.36 Å². The lowest BCUT2D eigenvalue weighted by atomic mass is 10.0. The second-order valence-corrected chi connectivity index (χ2v) is 6.83. The summed E-state index contributed by atoms with van der Waals surface area (Å²) in [5, 5.41) is 0. The van der Waals surface area contributed by atoms with Crippen molar-refractivity contribution in [3.05, 3.63) is 18.2 Å². The van der Waals surface area contributed by atoms with Crippen molar-refractivity contribution in [2.45, 2.75) is 25.2 Å². The van der Waals surface area contributed by atoms with E-state index < -0.39 is 6.36 Å². The molecule has 0 unspecified atom stereocenters. The number of anilines is 2. The van der Waals surface area contributed by atoms with Gasteiger partial charge in [-0.1, -0.05) is 0 Å². The van der Waals surface area contributed by atoms with Crippen LogP contribution in [0.1, 0.15) is 12.8 Å². The minimum atomic E-state index is -4.73. The number of ether oxygens (including phenoxy) is 1.